The fraction of sp³-hybridized carbons (Fsp3) is 0.154. The molecule has 7 heteroatoms. The first-order valence-corrected chi connectivity index (χ1v) is 6.19. The number of aryl methyl sites for hydroxylation is 1. The van der Waals surface area contributed by atoms with E-state index in [-0.39, 0.29) is 12.2 Å². The van der Waals surface area contributed by atoms with Crippen molar-refractivity contribution in [3.05, 3.63) is 41.1 Å². The van der Waals surface area contributed by atoms with Gasteiger partial charge in [0.1, 0.15) is 12.2 Å². The lowest BCUT2D eigenvalue weighted by Gasteiger charge is -2.05. The van der Waals surface area contributed by atoms with E-state index in [2.05, 4.69) is 15.8 Å². The average Bonchev–Trinajstić information content (AvgIpc) is 2.77. The Balaban J connectivity index is 1.84. The Hall–Kier alpha value is -2.34. The number of carbonyl (C=O) groups excluding carboxylic acids is 2. The average molecular weight is 294 g/mol. The molecule has 0 aliphatic heterocycles. The summed E-state index contributed by atoms with van der Waals surface area (Å²) in [5.41, 5.74) is 0.574. The number of hydrogen-bond donors (Lipinski definition) is 2. The first-order chi connectivity index (χ1) is 9.52. The van der Waals surface area contributed by atoms with Crippen LogP contribution in [0.5, 0.6) is 0 Å². The minimum Gasteiger partial charge on any atom is -0.360 e. The van der Waals surface area contributed by atoms with Crippen molar-refractivity contribution in [2.24, 2.45) is 0 Å². The van der Waals surface area contributed by atoms with Crippen LogP contribution in [0, 0.1) is 6.92 Å². The molecule has 2 N–H and O–H groups in total. The molecule has 0 fully saturated rings. The summed E-state index contributed by atoms with van der Waals surface area (Å²) in [7, 11) is 0. The van der Waals surface area contributed by atoms with E-state index in [4.69, 9.17) is 16.1 Å². The van der Waals surface area contributed by atoms with Gasteiger partial charge in [0.05, 0.1) is 0 Å². The fourth-order valence-corrected chi connectivity index (χ4v) is 1.62. The minimum absolute atomic E-state index is 0.284. The summed E-state index contributed by atoms with van der Waals surface area (Å²) in [6, 6.07) is 8.16. The Morgan fingerprint density at radius 2 is 1.85 bits per heavy atom. The first kappa shape index (κ1) is 14.1. The van der Waals surface area contributed by atoms with Crippen LogP contribution in [0.2, 0.25) is 5.02 Å². The highest BCUT2D eigenvalue weighted by molar-refractivity contribution is 6.30. The van der Waals surface area contributed by atoms with Gasteiger partial charge in [0, 0.05) is 16.8 Å². The maximum atomic E-state index is 11.7. The second kappa shape index (κ2) is 6.21. The number of amides is 2. The lowest BCUT2D eigenvalue weighted by Crippen LogP contribution is -2.21. The Morgan fingerprint density at radius 3 is 2.45 bits per heavy atom. The standard InChI is InChI=1S/C13H12ClN3O3/c1-8-6-11(17-20-8)16-13(19)7-12(18)15-10-4-2-9(14)3-5-10/h2-6H,7H2,1H3,(H,15,18)(H,16,17,19). The molecule has 0 bridgehead atoms. The Bertz CT molecular complexity index is 622. The second-order valence-corrected chi connectivity index (χ2v) is 4.54. The summed E-state index contributed by atoms with van der Waals surface area (Å²) in [5, 5.41) is 9.23. The molecule has 0 unspecified atom stereocenters. The predicted octanol–water partition coefficient (Wildman–Crippen LogP) is 2.60. The fourth-order valence-electron chi connectivity index (χ4n) is 1.50. The molecule has 0 atom stereocenters. The van der Waals surface area contributed by atoms with Gasteiger partial charge in [-0.15, -0.1) is 0 Å². The number of halogens is 1. The zero-order valence-electron chi connectivity index (χ0n) is 10.6. The molecular formula is C13H12ClN3O3. The molecule has 1 aromatic carbocycles. The summed E-state index contributed by atoms with van der Waals surface area (Å²) < 4.78 is 4.80. The smallest absolute Gasteiger partial charge is 0.235 e. The van der Waals surface area contributed by atoms with E-state index in [9.17, 15) is 9.59 Å². The molecule has 104 valence electrons. The number of benzene rings is 1. The zero-order valence-corrected chi connectivity index (χ0v) is 11.4. The van der Waals surface area contributed by atoms with Crippen LogP contribution < -0.4 is 10.6 Å². The SMILES string of the molecule is Cc1cc(NC(=O)CC(=O)Nc2ccc(Cl)cc2)no1. The number of carbonyl (C=O) groups is 2. The van der Waals surface area contributed by atoms with Crippen molar-refractivity contribution in [1.82, 2.24) is 5.16 Å². The van der Waals surface area contributed by atoms with Crippen molar-refractivity contribution in [2.75, 3.05) is 10.6 Å². The molecule has 0 saturated carbocycles. The topological polar surface area (TPSA) is 84.2 Å². The maximum absolute atomic E-state index is 11.7. The highest BCUT2D eigenvalue weighted by Crippen LogP contribution is 2.13. The van der Waals surface area contributed by atoms with E-state index in [1.54, 1.807) is 37.3 Å². The van der Waals surface area contributed by atoms with Crippen molar-refractivity contribution < 1.29 is 14.1 Å². The highest BCUT2D eigenvalue weighted by Gasteiger charge is 2.11. The van der Waals surface area contributed by atoms with E-state index in [1.165, 1.54) is 0 Å². The van der Waals surface area contributed by atoms with Crippen LogP contribution in [-0.4, -0.2) is 17.0 Å². The molecule has 20 heavy (non-hydrogen) atoms. The number of aromatic nitrogens is 1. The van der Waals surface area contributed by atoms with Crippen LogP contribution in [0.15, 0.2) is 34.9 Å². The molecule has 2 rings (SSSR count). The molecule has 0 saturated heterocycles. The van der Waals surface area contributed by atoms with Crippen molar-refractivity contribution in [3.63, 3.8) is 0 Å². The summed E-state index contributed by atoms with van der Waals surface area (Å²) in [5.74, 6) is -0.0347. The molecular weight excluding hydrogens is 282 g/mol. The van der Waals surface area contributed by atoms with Gasteiger partial charge in [-0.3, -0.25) is 9.59 Å². The van der Waals surface area contributed by atoms with E-state index in [0.29, 0.717) is 16.5 Å². The van der Waals surface area contributed by atoms with Crippen molar-refractivity contribution in [2.45, 2.75) is 13.3 Å². The third-order valence-corrected chi connectivity index (χ3v) is 2.60. The number of rotatable bonds is 4. The monoisotopic (exact) mass is 293 g/mol. The largest absolute Gasteiger partial charge is 0.360 e. The zero-order chi connectivity index (χ0) is 14.5. The van der Waals surface area contributed by atoms with Gasteiger partial charge in [-0.2, -0.15) is 0 Å². The highest BCUT2D eigenvalue weighted by atomic mass is 35.5. The second-order valence-electron chi connectivity index (χ2n) is 4.10. The van der Waals surface area contributed by atoms with Crippen LogP contribution in [-0.2, 0) is 9.59 Å². The van der Waals surface area contributed by atoms with Gasteiger partial charge < -0.3 is 15.2 Å². The summed E-state index contributed by atoms with van der Waals surface area (Å²) in [6.07, 6.45) is -0.311. The molecule has 0 spiro atoms. The van der Waals surface area contributed by atoms with Crippen LogP contribution in [0.25, 0.3) is 0 Å². The predicted molar refractivity (Wildman–Crippen MR) is 74.6 cm³/mol. The van der Waals surface area contributed by atoms with E-state index < -0.39 is 11.8 Å². The van der Waals surface area contributed by atoms with Gasteiger partial charge in [-0.1, -0.05) is 16.8 Å². The first-order valence-electron chi connectivity index (χ1n) is 5.81. The van der Waals surface area contributed by atoms with Crippen LogP contribution in [0.1, 0.15) is 12.2 Å². The summed E-state index contributed by atoms with van der Waals surface area (Å²) >= 11 is 5.73. The number of nitrogens with zero attached hydrogens (tertiary/aromatic N) is 1. The van der Waals surface area contributed by atoms with Gasteiger partial charge in [0.15, 0.2) is 5.82 Å². The molecule has 1 aromatic heterocycles. The van der Waals surface area contributed by atoms with E-state index >= 15 is 0 Å². The van der Waals surface area contributed by atoms with Crippen LogP contribution in [0.4, 0.5) is 11.5 Å². The number of hydrogen-bond acceptors (Lipinski definition) is 4. The molecule has 6 nitrogen and oxygen atoms in total. The molecule has 1 heterocycles. The van der Waals surface area contributed by atoms with Gasteiger partial charge in [0.25, 0.3) is 0 Å². The molecule has 2 aromatic rings. The summed E-state index contributed by atoms with van der Waals surface area (Å²) in [4.78, 5) is 23.3. The lowest BCUT2D eigenvalue weighted by atomic mass is 10.3. The van der Waals surface area contributed by atoms with Gasteiger partial charge in [0.2, 0.25) is 11.8 Å². The third kappa shape index (κ3) is 4.10. The van der Waals surface area contributed by atoms with Crippen LogP contribution >= 0.6 is 11.6 Å². The molecule has 0 radical (unpaired) electrons. The normalized spacial score (nSPS) is 10.1. The Morgan fingerprint density at radius 1 is 1.20 bits per heavy atom. The summed E-state index contributed by atoms with van der Waals surface area (Å²) in [6.45, 7) is 1.70. The molecule has 0 aliphatic carbocycles. The van der Waals surface area contributed by atoms with Gasteiger partial charge in [-0.25, -0.2) is 0 Å². The molecule has 2 amide bonds. The van der Waals surface area contributed by atoms with E-state index in [1.807, 2.05) is 0 Å². The maximum Gasteiger partial charge on any atom is 0.235 e. The number of nitrogens with one attached hydrogen (secondary N) is 2. The van der Waals surface area contributed by atoms with Crippen molar-refractivity contribution >= 4 is 34.9 Å². The van der Waals surface area contributed by atoms with Crippen molar-refractivity contribution in [3.8, 4) is 0 Å². The minimum atomic E-state index is -0.468. The van der Waals surface area contributed by atoms with E-state index in [0.717, 1.165) is 0 Å². The lowest BCUT2D eigenvalue weighted by molar-refractivity contribution is -0.123. The van der Waals surface area contributed by atoms with Gasteiger partial charge in [-0.05, 0) is 31.2 Å². The van der Waals surface area contributed by atoms with Gasteiger partial charge >= 0.3 is 0 Å². The molecule has 0 aliphatic rings. The van der Waals surface area contributed by atoms with Crippen molar-refractivity contribution in [1.29, 1.82) is 0 Å². The number of anilines is 2. The third-order valence-electron chi connectivity index (χ3n) is 2.34. The Labute approximate surface area is 120 Å². The quantitative estimate of drug-likeness (QED) is 0.849. The van der Waals surface area contributed by atoms with Crippen LogP contribution in [0.3, 0.4) is 0 Å². The Kier molecular flexibility index (Phi) is 4.37.